The van der Waals surface area contributed by atoms with Gasteiger partial charge in [0.1, 0.15) is 6.04 Å². The van der Waals surface area contributed by atoms with E-state index in [0.29, 0.717) is 11.5 Å². The van der Waals surface area contributed by atoms with Crippen molar-refractivity contribution in [2.75, 3.05) is 20.8 Å². The summed E-state index contributed by atoms with van der Waals surface area (Å²) >= 11 is 0. The van der Waals surface area contributed by atoms with Gasteiger partial charge in [-0.25, -0.2) is 0 Å². The molecule has 114 valence electrons. The van der Waals surface area contributed by atoms with Crippen molar-refractivity contribution < 1.29 is 9.47 Å². The summed E-state index contributed by atoms with van der Waals surface area (Å²) in [5.74, 6) is 1.29. The van der Waals surface area contributed by atoms with E-state index in [4.69, 9.17) is 9.47 Å². The Balaban J connectivity index is 2.01. The van der Waals surface area contributed by atoms with E-state index < -0.39 is 0 Å². The van der Waals surface area contributed by atoms with Crippen molar-refractivity contribution in [3.05, 3.63) is 59.7 Å². The van der Waals surface area contributed by atoms with Crippen LogP contribution in [0.2, 0.25) is 0 Å². The zero-order valence-electron chi connectivity index (χ0n) is 12.9. The number of ether oxygens (including phenoxy) is 2. The van der Waals surface area contributed by atoms with E-state index >= 15 is 0 Å². The lowest BCUT2D eigenvalue weighted by Crippen LogP contribution is -2.22. The van der Waals surface area contributed by atoms with Crippen molar-refractivity contribution in [1.82, 2.24) is 5.32 Å². The summed E-state index contributed by atoms with van der Waals surface area (Å²) < 4.78 is 10.5. The van der Waals surface area contributed by atoms with Crippen LogP contribution < -0.4 is 14.8 Å². The predicted molar refractivity (Wildman–Crippen MR) is 86.0 cm³/mol. The highest BCUT2D eigenvalue weighted by molar-refractivity contribution is 5.44. The van der Waals surface area contributed by atoms with Crippen LogP contribution in [0.4, 0.5) is 0 Å². The van der Waals surface area contributed by atoms with Crippen LogP contribution in [0.15, 0.2) is 48.5 Å². The molecule has 2 rings (SSSR count). The first-order valence-electron chi connectivity index (χ1n) is 7.17. The number of hydrogen-bond donors (Lipinski definition) is 1. The maximum atomic E-state index is 9.38. The van der Waals surface area contributed by atoms with Crippen molar-refractivity contribution >= 4 is 0 Å². The molecule has 0 aliphatic heterocycles. The second-order valence-electron chi connectivity index (χ2n) is 4.87. The Hall–Kier alpha value is -2.51. The standard InChI is InChI=1S/C18H20N2O2/c1-21-17-9-8-15(12-18(17)22-2)16(13-19)20-11-10-14-6-4-3-5-7-14/h3-9,12,16,20H,10-11H2,1-2H3. The zero-order valence-corrected chi connectivity index (χ0v) is 12.9. The minimum Gasteiger partial charge on any atom is -0.493 e. The van der Waals surface area contributed by atoms with Crippen molar-refractivity contribution in [1.29, 1.82) is 5.26 Å². The van der Waals surface area contributed by atoms with Gasteiger partial charge in [-0.05, 0) is 29.7 Å². The summed E-state index contributed by atoms with van der Waals surface area (Å²) in [4.78, 5) is 0. The Kier molecular flexibility index (Phi) is 5.81. The summed E-state index contributed by atoms with van der Waals surface area (Å²) in [6, 6.07) is 17.6. The molecule has 0 saturated heterocycles. The molecule has 0 spiro atoms. The molecule has 4 heteroatoms. The number of nitriles is 1. The van der Waals surface area contributed by atoms with Gasteiger partial charge in [-0.3, -0.25) is 5.32 Å². The lowest BCUT2D eigenvalue weighted by molar-refractivity contribution is 0.354. The fourth-order valence-corrected chi connectivity index (χ4v) is 2.28. The molecule has 0 aliphatic carbocycles. The van der Waals surface area contributed by atoms with Gasteiger partial charge in [0.25, 0.3) is 0 Å². The van der Waals surface area contributed by atoms with Crippen LogP contribution in [0.3, 0.4) is 0 Å². The van der Waals surface area contributed by atoms with Gasteiger partial charge in [-0.1, -0.05) is 36.4 Å². The lowest BCUT2D eigenvalue weighted by Gasteiger charge is -2.14. The SMILES string of the molecule is COc1ccc(C(C#N)NCCc2ccccc2)cc1OC. The Bertz CT molecular complexity index is 635. The third kappa shape index (κ3) is 4.00. The average Bonchev–Trinajstić information content (AvgIpc) is 2.59. The van der Waals surface area contributed by atoms with Crippen LogP contribution in [0.5, 0.6) is 11.5 Å². The Morgan fingerprint density at radius 1 is 1.05 bits per heavy atom. The van der Waals surface area contributed by atoms with Crippen LogP contribution in [0, 0.1) is 11.3 Å². The van der Waals surface area contributed by atoms with Crippen molar-refractivity contribution in [3.63, 3.8) is 0 Å². The molecule has 22 heavy (non-hydrogen) atoms. The second kappa shape index (κ2) is 8.06. The fraction of sp³-hybridized carbons (Fsp3) is 0.278. The van der Waals surface area contributed by atoms with Gasteiger partial charge in [0.2, 0.25) is 0 Å². The smallest absolute Gasteiger partial charge is 0.161 e. The monoisotopic (exact) mass is 296 g/mol. The van der Waals surface area contributed by atoms with E-state index in [1.54, 1.807) is 14.2 Å². The predicted octanol–water partition coefficient (Wildman–Crippen LogP) is 3.10. The molecule has 0 aromatic heterocycles. The highest BCUT2D eigenvalue weighted by atomic mass is 16.5. The first-order valence-corrected chi connectivity index (χ1v) is 7.17. The van der Waals surface area contributed by atoms with Gasteiger partial charge < -0.3 is 9.47 Å². The average molecular weight is 296 g/mol. The number of hydrogen-bond acceptors (Lipinski definition) is 4. The van der Waals surface area contributed by atoms with E-state index in [-0.39, 0.29) is 6.04 Å². The molecule has 0 aliphatic rings. The van der Waals surface area contributed by atoms with Gasteiger partial charge in [0, 0.05) is 6.54 Å². The minimum atomic E-state index is -0.372. The quantitative estimate of drug-likeness (QED) is 0.853. The molecular weight excluding hydrogens is 276 g/mol. The zero-order chi connectivity index (χ0) is 15.8. The van der Waals surface area contributed by atoms with Crippen molar-refractivity contribution in [2.24, 2.45) is 0 Å². The largest absolute Gasteiger partial charge is 0.493 e. The molecule has 2 aromatic rings. The molecule has 1 unspecified atom stereocenters. The highest BCUT2D eigenvalue weighted by Crippen LogP contribution is 2.29. The third-order valence-corrected chi connectivity index (χ3v) is 3.47. The normalized spacial score (nSPS) is 11.5. The fourth-order valence-electron chi connectivity index (χ4n) is 2.28. The van der Waals surface area contributed by atoms with E-state index in [9.17, 15) is 5.26 Å². The van der Waals surface area contributed by atoms with Gasteiger partial charge in [-0.15, -0.1) is 0 Å². The molecule has 1 atom stereocenters. The van der Waals surface area contributed by atoms with Crippen molar-refractivity contribution in [3.8, 4) is 17.6 Å². The lowest BCUT2D eigenvalue weighted by atomic mass is 10.1. The number of methoxy groups -OCH3 is 2. The van der Waals surface area contributed by atoms with Crippen molar-refractivity contribution in [2.45, 2.75) is 12.5 Å². The first kappa shape index (κ1) is 15.9. The maximum absolute atomic E-state index is 9.38. The summed E-state index contributed by atoms with van der Waals surface area (Å²) in [5.41, 5.74) is 2.12. The van der Waals surface area contributed by atoms with Gasteiger partial charge in [-0.2, -0.15) is 5.26 Å². The minimum absolute atomic E-state index is 0.372. The summed E-state index contributed by atoms with van der Waals surface area (Å²) in [5, 5.41) is 12.6. The molecule has 0 amide bonds. The number of nitrogens with one attached hydrogen (secondary N) is 1. The van der Waals surface area contributed by atoms with E-state index in [1.165, 1.54) is 5.56 Å². The molecule has 4 nitrogen and oxygen atoms in total. The van der Waals surface area contributed by atoms with E-state index in [0.717, 1.165) is 18.5 Å². The topological polar surface area (TPSA) is 54.3 Å². The summed E-state index contributed by atoms with van der Waals surface area (Å²) in [7, 11) is 3.18. The molecule has 0 fully saturated rings. The van der Waals surface area contributed by atoms with Crippen LogP contribution in [0.25, 0.3) is 0 Å². The molecule has 0 bridgehead atoms. The Morgan fingerprint density at radius 3 is 2.41 bits per heavy atom. The molecule has 0 heterocycles. The third-order valence-electron chi connectivity index (χ3n) is 3.47. The Labute approximate surface area is 131 Å². The number of benzene rings is 2. The molecule has 2 aromatic carbocycles. The van der Waals surface area contributed by atoms with Gasteiger partial charge >= 0.3 is 0 Å². The number of rotatable bonds is 7. The van der Waals surface area contributed by atoms with Crippen LogP contribution >= 0.6 is 0 Å². The summed E-state index contributed by atoms with van der Waals surface area (Å²) in [6.45, 7) is 0.733. The van der Waals surface area contributed by atoms with Crippen LogP contribution in [-0.4, -0.2) is 20.8 Å². The second-order valence-corrected chi connectivity index (χ2v) is 4.87. The number of nitrogens with zero attached hydrogens (tertiary/aromatic N) is 1. The Morgan fingerprint density at radius 2 is 1.77 bits per heavy atom. The maximum Gasteiger partial charge on any atom is 0.161 e. The van der Waals surface area contributed by atoms with E-state index in [1.807, 2.05) is 36.4 Å². The first-order chi connectivity index (χ1) is 10.8. The van der Waals surface area contributed by atoms with E-state index in [2.05, 4.69) is 23.5 Å². The molecule has 0 saturated carbocycles. The molecule has 0 radical (unpaired) electrons. The van der Waals surface area contributed by atoms with Gasteiger partial charge in [0.05, 0.1) is 20.3 Å². The van der Waals surface area contributed by atoms with Crippen LogP contribution in [0.1, 0.15) is 17.2 Å². The summed E-state index contributed by atoms with van der Waals surface area (Å²) in [6.07, 6.45) is 0.881. The highest BCUT2D eigenvalue weighted by Gasteiger charge is 2.13. The molecular formula is C18H20N2O2. The van der Waals surface area contributed by atoms with Gasteiger partial charge in [0.15, 0.2) is 11.5 Å². The molecule has 1 N–H and O–H groups in total. The van der Waals surface area contributed by atoms with Crippen LogP contribution in [-0.2, 0) is 6.42 Å².